The third-order valence-corrected chi connectivity index (χ3v) is 4.62. The van der Waals surface area contributed by atoms with E-state index in [0.717, 1.165) is 5.56 Å². The molecule has 1 heterocycles. The molecule has 0 saturated carbocycles. The van der Waals surface area contributed by atoms with E-state index in [-0.39, 0.29) is 23.7 Å². The predicted octanol–water partition coefficient (Wildman–Crippen LogP) is 2.74. The number of benzene rings is 2. The van der Waals surface area contributed by atoms with Crippen LogP contribution < -0.4 is 15.4 Å². The van der Waals surface area contributed by atoms with Gasteiger partial charge in [-0.15, -0.1) is 0 Å². The summed E-state index contributed by atoms with van der Waals surface area (Å²) in [4.78, 5) is 38.0. The second-order valence-corrected chi connectivity index (χ2v) is 6.81. The number of amides is 2. The number of anilines is 1. The van der Waals surface area contributed by atoms with E-state index in [1.54, 1.807) is 37.3 Å². The Balaban J connectivity index is 1.99. The highest BCUT2D eigenvalue weighted by molar-refractivity contribution is 6.23. The zero-order valence-electron chi connectivity index (χ0n) is 17.0. The number of esters is 1. The van der Waals surface area contributed by atoms with E-state index in [2.05, 4.69) is 0 Å². The van der Waals surface area contributed by atoms with Crippen molar-refractivity contribution in [3.05, 3.63) is 76.5 Å². The zero-order valence-corrected chi connectivity index (χ0v) is 17.0. The van der Waals surface area contributed by atoms with Crippen molar-refractivity contribution in [2.75, 3.05) is 18.6 Å². The van der Waals surface area contributed by atoms with Crippen LogP contribution in [0.25, 0.3) is 6.08 Å². The van der Waals surface area contributed by atoms with Crippen LogP contribution in [0.4, 0.5) is 5.69 Å². The Bertz CT molecular complexity index is 1070. The molecule has 0 atom stereocenters. The molecule has 154 valence electrons. The standard InChI is InChI=1S/C23H22N2O5/c1-14-5-4-6-17(11-14)25-15(2)21(23(28)29-3)19(22(25)27)12-16-7-9-18(10-8-16)30-13-20(24)26/h4-12H,13H2,1-3H3,(H2,24,26)/b19-12-. The number of carbonyl (C=O) groups excluding carboxylic acids is 3. The first-order valence-corrected chi connectivity index (χ1v) is 9.25. The van der Waals surface area contributed by atoms with Crippen molar-refractivity contribution in [3.8, 4) is 5.75 Å². The van der Waals surface area contributed by atoms with Gasteiger partial charge < -0.3 is 15.2 Å². The summed E-state index contributed by atoms with van der Waals surface area (Å²) in [5.74, 6) is -0.997. The highest BCUT2D eigenvalue weighted by Gasteiger charge is 2.37. The summed E-state index contributed by atoms with van der Waals surface area (Å²) in [6.45, 7) is 3.43. The fourth-order valence-corrected chi connectivity index (χ4v) is 3.24. The first-order valence-electron chi connectivity index (χ1n) is 9.25. The van der Waals surface area contributed by atoms with Gasteiger partial charge in [0.1, 0.15) is 5.75 Å². The van der Waals surface area contributed by atoms with Crippen LogP contribution in [-0.4, -0.2) is 31.5 Å². The average Bonchev–Trinajstić information content (AvgIpc) is 2.96. The molecule has 1 aliphatic rings. The van der Waals surface area contributed by atoms with Crippen LogP contribution in [-0.2, 0) is 19.1 Å². The predicted molar refractivity (Wildman–Crippen MR) is 112 cm³/mol. The monoisotopic (exact) mass is 406 g/mol. The second-order valence-electron chi connectivity index (χ2n) is 6.81. The molecule has 0 spiro atoms. The van der Waals surface area contributed by atoms with Crippen LogP contribution >= 0.6 is 0 Å². The molecule has 0 fully saturated rings. The molecule has 2 aromatic carbocycles. The van der Waals surface area contributed by atoms with Gasteiger partial charge in [0.15, 0.2) is 6.61 Å². The summed E-state index contributed by atoms with van der Waals surface area (Å²) in [7, 11) is 1.28. The van der Waals surface area contributed by atoms with E-state index in [0.29, 0.717) is 22.7 Å². The van der Waals surface area contributed by atoms with Crippen molar-refractivity contribution in [1.29, 1.82) is 0 Å². The maximum absolute atomic E-state index is 13.2. The normalized spacial score (nSPS) is 15.0. The molecule has 0 aliphatic carbocycles. The van der Waals surface area contributed by atoms with E-state index in [4.69, 9.17) is 15.2 Å². The summed E-state index contributed by atoms with van der Waals surface area (Å²) in [5.41, 5.74) is 8.40. The second kappa shape index (κ2) is 8.65. The van der Waals surface area contributed by atoms with Crippen molar-refractivity contribution >= 4 is 29.5 Å². The first kappa shape index (κ1) is 20.9. The Morgan fingerprint density at radius 3 is 2.40 bits per heavy atom. The number of allylic oxidation sites excluding steroid dienone is 1. The van der Waals surface area contributed by atoms with Crippen molar-refractivity contribution in [3.63, 3.8) is 0 Å². The molecule has 1 aliphatic heterocycles. The van der Waals surface area contributed by atoms with Gasteiger partial charge in [-0.3, -0.25) is 14.5 Å². The van der Waals surface area contributed by atoms with Gasteiger partial charge in [0.25, 0.3) is 11.8 Å². The number of nitrogens with zero attached hydrogens (tertiary/aromatic N) is 1. The molecular weight excluding hydrogens is 384 g/mol. The first-order chi connectivity index (χ1) is 14.3. The summed E-state index contributed by atoms with van der Waals surface area (Å²) < 4.78 is 10.2. The number of aryl methyl sites for hydroxylation is 1. The molecule has 7 heteroatoms. The van der Waals surface area contributed by atoms with Crippen LogP contribution in [0.2, 0.25) is 0 Å². The molecule has 7 nitrogen and oxygen atoms in total. The molecule has 2 amide bonds. The lowest BCUT2D eigenvalue weighted by molar-refractivity contribution is -0.136. The molecule has 0 unspecified atom stereocenters. The van der Waals surface area contributed by atoms with E-state index < -0.39 is 11.9 Å². The van der Waals surface area contributed by atoms with E-state index >= 15 is 0 Å². The summed E-state index contributed by atoms with van der Waals surface area (Å²) in [6.07, 6.45) is 1.63. The molecule has 0 saturated heterocycles. The van der Waals surface area contributed by atoms with Gasteiger partial charge in [-0.2, -0.15) is 0 Å². The summed E-state index contributed by atoms with van der Waals surface area (Å²) >= 11 is 0. The SMILES string of the molecule is COC(=O)C1=C(C)N(c2cccc(C)c2)C(=O)/C1=C\c1ccc(OCC(N)=O)cc1. The number of hydrogen-bond acceptors (Lipinski definition) is 5. The lowest BCUT2D eigenvalue weighted by Crippen LogP contribution is -2.24. The number of nitrogens with two attached hydrogens (primary N) is 1. The third kappa shape index (κ3) is 4.25. The molecule has 0 radical (unpaired) electrons. The molecule has 3 rings (SSSR count). The van der Waals surface area contributed by atoms with E-state index in [1.165, 1.54) is 12.0 Å². The molecule has 2 N–H and O–H groups in total. The Hall–Kier alpha value is -3.87. The van der Waals surface area contributed by atoms with Crippen LogP contribution in [0.15, 0.2) is 65.4 Å². The minimum absolute atomic E-state index is 0.220. The number of methoxy groups -OCH3 is 1. The Labute approximate surface area is 174 Å². The lowest BCUT2D eigenvalue weighted by atomic mass is 10.0. The summed E-state index contributed by atoms with van der Waals surface area (Å²) in [6, 6.07) is 14.2. The minimum atomic E-state index is -0.580. The topological polar surface area (TPSA) is 98.9 Å². The van der Waals surface area contributed by atoms with Crippen molar-refractivity contribution in [2.24, 2.45) is 5.73 Å². The van der Waals surface area contributed by atoms with Gasteiger partial charge >= 0.3 is 5.97 Å². The number of hydrogen-bond donors (Lipinski definition) is 1. The number of primary amides is 1. The van der Waals surface area contributed by atoms with Crippen molar-refractivity contribution in [1.82, 2.24) is 0 Å². The number of rotatable bonds is 6. The third-order valence-electron chi connectivity index (χ3n) is 4.62. The van der Waals surface area contributed by atoms with Gasteiger partial charge in [-0.1, -0.05) is 24.3 Å². The van der Waals surface area contributed by atoms with Gasteiger partial charge in [0, 0.05) is 11.4 Å². The number of ether oxygens (including phenoxy) is 2. The maximum atomic E-state index is 13.2. The largest absolute Gasteiger partial charge is 0.484 e. The molecule has 2 aromatic rings. The van der Waals surface area contributed by atoms with Gasteiger partial charge in [0.05, 0.1) is 18.3 Å². The van der Waals surface area contributed by atoms with Crippen LogP contribution in [0, 0.1) is 6.92 Å². The molecule has 30 heavy (non-hydrogen) atoms. The van der Waals surface area contributed by atoms with Gasteiger partial charge in [-0.05, 0) is 55.3 Å². The van der Waals surface area contributed by atoms with Crippen molar-refractivity contribution < 1.29 is 23.9 Å². The average molecular weight is 406 g/mol. The Morgan fingerprint density at radius 2 is 1.80 bits per heavy atom. The van der Waals surface area contributed by atoms with E-state index in [9.17, 15) is 14.4 Å². The zero-order chi connectivity index (χ0) is 21.8. The molecular formula is C23H22N2O5. The van der Waals surface area contributed by atoms with Crippen LogP contribution in [0.3, 0.4) is 0 Å². The fourth-order valence-electron chi connectivity index (χ4n) is 3.24. The Morgan fingerprint density at radius 1 is 1.10 bits per heavy atom. The maximum Gasteiger partial charge on any atom is 0.340 e. The van der Waals surface area contributed by atoms with Gasteiger partial charge in [0.2, 0.25) is 0 Å². The molecule has 0 bridgehead atoms. The van der Waals surface area contributed by atoms with Gasteiger partial charge in [-0.25, -0.2) is 4.79 Å². The van der Waals surface area contributed by atoms with Crippen molar-refractivity contribution in [2.45, 2.75) is 13.8 Å². The highest BCUT2D eigenvalue weighted by Crippen LogP contribution is 2.35. The van der Waals surface area contributed by atoms with Crippen LogP contribution in [0.1, 0.15) is 18.1 Å². The number of carbonyl (C=O) groups is 3. The van der Waals surface area contributed by atoms with E-state index in [1.807, 2.05) is 31.2 Å². The smallest absolute Gasteiger partial charge is 0.340 e. The lowest BCUT2D eigenvalue weighted by Gasteiger charge is -2.18. The quantitative estimate of drug-likeness (QED) is 0.587. The Kier molecular flexibility index (Phi) is 6.01. The van der Waals surface area contributed by atoms with Crippen LogP contribution in [0.5, 0.6) is 5.75 Å². The highest BCUT2D eigenvalue weighted by atomic mass is 16.5. The summed E-state index contributed by atoms with van der Waals surface area (Å²) in [5, 5.41) is 0. The minimum Gasteiger partial charge on any atom is -0.484 e. The molecule has 0 aromatic heterocycles. The fraction of sp³-hybridized carbons (Fsp3) is 0.174.